The Labute approximate surface area is 100 Å². The van der Waals surface area contributed by atoms with Gasteiger partial charge in [-0.25, -0.2) is 4.98 Å². The van der Waals surface area contributed by atoms with Gasteiger partial charge in [-0.2, -0.15) is 17.7 Å². The van der Waals surface area contributed by atoms with Gasteiger partial charge >= 0.3 is 6.18 Å². The van der Waals surface area contributed by atoms with Crippen LogP contribution in [0.25, 0.3) is 5.65 Å². The van der Waals surface area contributed by atoms with Crippen LogP contribution in [0.3, 0.4) is 0 Å². The molecule has 0 amide bonds. The summed E-state index contributed by atoms with van der Waals surface area (Å²) in [6.07, 6.45) is -4.60. The van der Waals surface area contributed by atoms with E-state index in [1.165, 1.54) is 12.1 Å². The van der Waals surface area contributed by atoms with Crippen LogP contribution in [-0.4, -0.2) is 14.6 Å². The maximum Gasteiger partial charge on any atom is 0.451 e. The van der Waals surface area contributed by atoms with Gasteiger partial charge in [0.1, 0.15) is 0 Å². The molecule has 0 bridgehead atoms. The topological polar surface area (TPSA) is 50.2 Å². The lowest BCUT2D eigenvalue weighted by atomic mass is 9.88. The van der Waals surface area contributed by atoms with Crippen molar-refractivity contribution in [2.45, 2.75) is 32.4 Å². The highest BCUT2D eigenvalue weighted by Crippen LogP contribution is 2.27. The molecule has 4 nitrogen and oxygen atoms in total. The molecule has 0 fully saturated rings. The Morgan fingerprint density at radius 3 is 2.33 bits per heavy atom. The lowest BCUT2D eigenvalue weighted by Gasteiger charge is -2.18. The Bertz CT molecular complexity index is 646. The number of H-pyrrole nitrogens is 1. The number of pyridine rings is 1. The number of hydrogen-bond donors (Lipinski definition) is 1. The van der Waals surface area contributed by atoms with Crippen molar-refractivity contribution in [3.8, 4) is 0 Å². The van der Waals surface area contributed by atoms with Gasteiger partial charge in [0.2, 0.25) is 5.82 Å². The Kier molecular flexibility index (Phi) is 2.53. The van der Waals surface area contributed by atoms with Crippen molar-refractivity contribution in [1.82, 2.24) is 14.6 Å². The number of nitrogens with zero attached hydrogens (tertiary/aromatic N) is 2. The molecule has 2 rings (SSSR count). The minimum atomic E-state index is -4.60. The Morgan fingerprint density at radius 2 is 1.83 bits per heavy atom. The summed E-state index contributed by atoms with van der Waals surface area (Å²) in [5.41, 5.74) is -0.265. The van der Waals surface area contributed by atoms with E-state index >= 15 is 0 Å². The largest absolute Gasteiger partial charge is 0.451 e. The molecule has 0 atom stereocenters. The van der Waals surface area contributed by atoms with Gasteiger partial charge in [-0.15, -0.1) is 0 Å². The van der Waals surface area contributed by atoms with Crippen LogP contribution in [0, 0.1) is 0 Å². The molecule has 0 spiro atoms. The molecule has 0 saturated heterocycles. The lowest BCUT2D eigenvalue weighted by Crippen LogP contribution is -2.20. The molecule has 0 radical (unpaired) electrons. The number of rotatable bonds is 0. The molecule has 2 aromatic rings. The summed E-state index contributed by atoms with van der Waals surface area (Å²) in [5.74, 6) is -1.18. The smallest absolute Gasteiger partial charge is 0.269 e. The van der Waals surface area contributed by atoms with Crippen molar-refractivity contribution in [2.75, 3.05) is 0 Å². The summed E-state index contributed by atoms with van der Waals surface area (Å²) in [5, 5.41) is 1.95. The van der Waals surface area contributed by atoms with Crippen molar-refractivity contribution >= 4 is 5.65 Å². The zero-order valence-corrected chi connectivity index (χ0v) is 10.1. The van der Waals surface area contributed by atoms with Crippen LogP contribution in [0.1, 0.15) is 32.2 Å². The first kappa shape index (κ1) is 12.7. The van der Waals surface area contributed by atoms with E-state index < -0.39 is 17.6 Å². The summed E-state index contributed by atoms with van der Waals surface area (Å²) in [7, 11) is 0. The fraction of sp³-hybridized carbons (Fsp3) is 0.455. The van der Waals surface area contributed by atoms with E-state index in [0.717, 1.165) is 4.52 Å². The van der Waals surface area contributed by atoms with E-state index in [2.05, 4.69) is 4.98 Å². The van der Waals surface area contributed by atoms with Gasteiger partial charge in [0.05, 0.1) is 0 Å². The first-order valence-corrected chi connectivity index (χ1v) is 5.29. The number of fused-ring (bicyclic) bond motifs is 1. The SMILES string of the molecule is CC(C)(C)c1cc(=O)n2[nH]c(C(F)(F)F)nc2c1. The van der Waals surface area contributed by atoms with E-state index in [4.69, 9.17) is 0 Å². The number of nitrogens with one attached hydrogen (secondary N) is 1. The van der Waals surface area contributed by atoms with Gasteiger partial charge in [0.25, 0.3) is 5.56 Å². The van der Waals surface area contributed by atoms with E-state index in [0.29, 0.717) is 5.56 Å². The molecule has 0 aliphatic rings. The highest BCUT2D eigenvalue weighted by Gasteiger charge is 2.35. The van der Waals surface area contributed by atoms with Crippen molar-refractivity contribution in [3.05, 3.63) is 33.9 Å². The van der Waals surface area contributed by atoms with Crippen LogP contribution in [0.2, 0.25) is 0 Å². The predicted molar refractivity (Wildman–Crippen MR) is 59.5 cm³/mol. The molecular formula is C11H12F3N3O. The lowest BCUT2D eigenvalue weighted by molar-refractivity contribution is -0.144. The Morgan fingerprint density at radius 1 is 1.22 bits per heavy atom. The third-order valence-electron chi connectivity index (χ3n) is 2.59. The number of halogens is 3. The minimum absolute atomic E-state index is 0.0280. The third kappa shape index (κ3) is 2.12. The monoisotopic (exact) mass is 259 g/mol. The predicted octanol–water partition coefficient (Wildman–Crippen LogP) is 2.34. The normalized spacial score (nSPS) is 13.2. The first-order chi connectivity index (χ1) is 8.09. The zero-order valence-electron chi connectivity index (χ0n) is 10.1. The molecular weight excluding hydrogens is 247 g/mol. The van der Waals surface area contributed by atoms with Crippen molar-refractivity contribution in [2.24, 2.45) is 0 Å². The number of hydrogen-bond acceptors (Lipinski definition) is 2. The van der Waals surface area contributed by atoms with Crippen molar-refractivity contribution in [1.29, 1.82) is 0 Å². The third-order valence-corrected chi connectivity index (χ3v) is 2.59. The molecule has 2 heterocycles. The molecule has 98 valence electrons. The van der Waals surface area contributed by atoms with E-state index in [9.17, 15) is 18.0 Å². The highest BCUT2D eigenvalue weighted by molar-refractivity contribution is 5.42. The van der Waals surface area contributed by atoms with E-state index in [1.54, 1.807) is 0 Å². The van der Waals surface area contributed by atoms with Crippen molar-refractivity contribution < 1.29 is 13.2 Å². The van der Waals surface area contributed by atoms with E-state index in [-0.39, 0.29) is 11.1 Å². The zero-order chi connectivity index (χ0) is 13.7. The first-order valence-electron chi connectivity index (χ1n) is 5.29. The molecule has 2 aromatic heterocycles. The average molecular weight is 259 g/mol. The van der Waals surface area contributed by atoms with Gasteiger partial charge < -0.3 is 0 Å². The number of aromatic nitrogens is 3. The number of alkyl halides is 3. The van der Waals surface area contributed by atoms with Gasteiger partial charge in [-0.1, -0.05) is 20.8 Å². The molecule has 0 aliphatic carbocycles. The summed E-state index contributed by atoms with van der Waals surface area (Å²) in [6.45, 7) is 5.61. The molecule has 0 saturated carbocycles. The molecule has 0 aliphatic heterocycles. The Balaban J connectivity index is 2.71. The Hall–Kier alpha value is -1.79. The molecule has 0 aromatic carbocycles. The summed E-state index contributed by atoms with van der Waals surface area (Å²) in [6, 6.07) is 2.79. The second-order valence-electron chi connectivity index (χ2n) is 5.10. The van der Waals surface area contributed by atoms with Crippen LogP contribution in [0.5, 0.6) is 0 Å². The summed E-state index contributed by atoms with van der Waals surface area (Å²) in [4.78, 5) is 15.1. The average Bonchev–Trinajstić information content (AvgIpc) is 2.59. The van der Waals surface area contributed by atoms with E-state index in [1.807, 2.05) is 25.9 Å². The molecule has 1 N–H and O–H groups in total. The minimum Gasteiger partial charge on any atom is -0.269 e. The maximum absolute atomic E-state index is 12.5. The fourth-order valence-corrected chi connectivity index (χ4v) is 1.56. The summed E-state index contributed by atoms with van der Waals surface area (Å²) >= 11 is 0. The van der Waals surface area contributed by atoms with Crippen LogP contribution in [-0.2, 0) is 11.6 Å². The van der Waals surface area contributed by atoms with Gasteiger partial charge in [0.15, 0.2) is 5.65 Å². The van der Waals surface area contributed by atoms with Crippen LogP contribution in [0.4, 0.5) is 13.2 Å². The highest BCUT2D eigenvalue weighted by atomic mass is 19.4. The molecule has 0 unspecified atom stereocenters. The standard InChI is InChI=1S/C11H12F3N3O/c1-10(2,3)6-4-7-15-9(11(12,13)14)16-17(7)8(18)5-6/h4-5H,1-3H3,(H,15,16). The van der Waals surface area contributed by atoms with Crippen LogP contribution < -0.4 is 5.56 Å². The van der Waals surface area contributed by atoms with Gasteiger partial charge in [0, 0.05) is 6.07 Å². The quantitative estimate of drug-likeness (QED) is 0.789. The summed E-state index contributed by atoms with van der Waals surface area (Å²) < 4.78 is 38.2. The van der Waals surface area contributed by atoms with Crippen LogP contribution >= 0.6 is 0 Å². The second kappa shape index (κ2) is 3.60. The van der Waals surface area contributed by atoms with Gasteiger partial charge in [-0.3, -0.25) is 9.89 Å². The second-order valence-corrected chi connectivity index (χ2v) is 5.10. The maximum atomic E-state index is 12.5. The van der Waals surface area contributed by atoms with Gasteiger partial charge in [-0.05, 0) is 17.0 Å². The van der Waals surface area contributed by atoms with Crippen LogP contribution in [0.15, 0.2) is 16.9 Å². The molecule has 7 heteroatoms. The fourth-order valence-electron chi connectivity index (χ4n) is 1.56. The molecule has 18 heavy (non-hydrogen) atoms. The van der Waals surface area contributed by atoms with Crippen molar-refractivity contribution in [3.63, 3.8) is 0 Å². The number of aromatic amines is 1.